The molecule has 0 aliphatic carbocycles. The topological polar surface area (TPSA) is 55.1 Å². The van der Waals surface area contributed by atoms with Gasteiger partial charge >= 0.3 is 0 Å². The van der Waals surface area contributed by atoms with E-state index in [4.69, 9.17) is 5.73 Å². The van der Waals surface area contributed by atoms with Crippen molar-refractivity contribution in [1.82, 2.24) is 0 Å². The lowest BCUT2D eigenvalue weighted by Gasteiger charge is -2.07. The smallest absolute Gasteiger partial charge is 0.240 e. The fourth-order valence-corrected chi connectivity index (χ4v) is 1.08. The first-order valence-electron chi connectivity index (χ1n) is 5.79. The van der Waals surface area contributed by atoms with Crippen molar-refractivity contribution >= 4 is 11.6 Å². The maximum atomic E-state index is 11.2. The molecule has 0 bridgehead atoms. The number of hydrogen-bond acceptors (Lipinski definition) is 2. The van der Waals surface area contributed by atoms with Crippen molar-refractivity contribution in [2.24, 2.45) is 5.73 Å². The van der Waals surface area contributed by atoms with Crippen LogP contribution in [-0.4, -0.2) is 11.9 Å². The van der Waals surface area contributed by atoms with Crippen LogP contribution in [0.2, 0.25) is 0 Å². The number of nitrogens with one attached hydrogen (secondary N) is 1. The summed E-state index contributed by atoms with van der Waals surface area (Å²) >= 11 is 0. The van der Waals surface area contributed by atoms with E-state index in [1.54, 1.807) is 6.92 Å². The van der Waals surface area contributed by atoms with Gasteiger partial charge in [-0.25, -0.2) is 0 Å². The number of anilines is 1. The van der Waals surface area contributed by atoms with Gasteiger partial charge in [0.2, 0.25) is 5.91 Å². The highest BCUT2D eigenvalue weighted by Crippen LogP contribution is 2.09. The van der Waals surface area contributed by atoms with Crippen LogP contribution in [0.25, 0.3) is 0 Å². The van der Waals surface area contributed by atoms with Gasteiger partial charge in [0.05, 0.1) is 6.04 Å². The Bertz CT molecular complexity index is 304. The Morgan fingerprint density at radius 3 is 2.19 bits per heavy atom. The predicted octanol–water partition coefficient (Wildman–Crippen LogP) is 2.56. The van der Waals surface area contributed by atoms with Gasteiger partial charge in [-0.15, -0.1) is 0 Å². The summed E-state index contributed by atoms with van der Waals surface area (Å²) in [5, 5.41) is 2.73. The fourth-order valence-electron chi connectivity index (χ4n) is 1.08. The van der Waals surface area contributed by atoms with E-state index in [9.17, 15) is 4.79 Å². The van der Waals surface area contributed by atoms with E-state index in [2.05, 4.69) is 12.2 Å². The standard InChI is InChI=1S/C11H16N2O.C2H6/c1-3-9-4-6-10(7-5-9)13-11(14)8(2)12;1-2/h4-8H,3,12H2,1-2H3,(H,13,14);1-2H3/t8-;/m0./s1. The first kappa shape index (κ1) is 14.6. The lowest BCUT2D eigenvalue weighted by Crippen LogP contribution is -2.32. The van der Waals surface area contributed by atoms with Crippen molar-refractivity contribution in [2.45, 2.75) is 40.2 Å². The molecule has 90 valence electrons. The first-order valence-corrected chi connectivity index (χ1v) is 5.79. The Kier molecular flexibility index (Phi) is 7.21. The molecular formula is C13H22N2O. The SMILES string of the molecule is CC.CCc1ccc(NC(=O)[C@H](C)N)cc1. The van der Waals surface area contributed by atoms with Crippen molar-refractivity contribution in [3.8, 4) is 0 Å². The van der Waals surface area contributed by atoms with Gasteiger partial charge in [0.15, 0.2) is 0 Å². The van der Waals surface area contributed by atoms with Gasteiger partial charge in [-0.1, -0.05) is 32.9 Å². The third-order valence-corrected chi connectivity index (χ3v) is 2.04. The van der Waals surface area contributed by atoms with Crippen molar-refractivity contribution in [3.05, 3.63) is 29.8 Å². The van der Waals surface area contributed by atoms with Crippen LogP contribution in [0.3, 0.4) is 0 Å². The average Bonchev–Trinajstić information content (AvgIpc) is 2.32. The molecule has 0 spiro atoms. The lowest BCUT2D eigenvalue weighted by atomic mass is 10.1. The molecule has 0 fully saturated rings. The van der Waals surface area contributed by atoms with Crippen molar-refractivity contribution in [2.75, 3.05) is 5.32 Å². The van der Waals surface area contributed by atoms with Gasteiger partial charge < -0.3 is 11.1 Å². The second-order valence-electron chi connectivity index (χ2n) is 3.33. The third kappa shape index (κ3) is 4.94. The molecule has 0 aliphatic heterocycles. The largest absolute Gasteiger partial charge is 0.325 e. The highest BCUT2D eigenvalue weighted by Gasteiger charge is 2.06. The highest BCUT2D eigenvalue weighted by atomic mass is 16.2. The van der Waals surface area contributed by atoms with Crippen LogP contribution in [-0.2, 0) is 11.2 Å². The van der Waals surface area contributed by atoms with Crippen LogP contribution in [0.5, 0.6) is 0 Å². The Morgan fingerprint density at radius 2 is 1.81 bits per heavy atom. The maximum absolute atomic E-state index is 11.2. The molecule has 1 atom stereocenters. The molecule has 0 aromatic heterocycles. The van der Waals surface area contributed by atoms with Gasteiger partial charge in [0.25, 0.3) is 0 Å². The Morgan fingerprint density at radius 1 is 1.31 bits per heavy atom. The summed E-state index contributed by atoms with van der Waals surface area (Å²) in [6.45, 7) is 7.76. The number of amides is 1. The van der Waals surface area contributed by atoms with Crippen molar-refractivity contribution in [1.29, 1.82) is 0 Å². The molecule has 0 saturated carbocycles. The summed E-state index contributed by atoms with van der Waals surface area (Å²) in [7, 11) is 0. The van der Waals surface area contributed by atoms with Gasteiger partial charge in [-0.05, 0) is 31.0 Å². The summed E-state index contributed by atoms with van der Waals surface area (Å²) in [5.41, 5.74) is 7.48. The molecule has 3 nitrogen and oxygen atoms in total. The van der Waals surface area contributed by atoms with Crippen LogP contribution in [0.4, 0.5) is 5.69 Å². The minimum atomic E-state index is -0.471. The minimum absolute atomic E-state index is 0.158. The summed E-state index contributed by atoms with van der Waals surface area (Å²) < 4.78 is 0. The molecule has 0 saturated heterocycles. The number of aryl methyl sites for hydroxylation is 1. The van der Waals surface area contributed by atoms with Crippen LogP contribution in [0, 0.1) is 0 Å². The Hall–Kier alpha value is -1.35. The summed E-state index contributed by atoms with van der Waals surface area (Å²) in [5.74, 6) is -0.158. The normalized spacial score (nSPS) is 11.1. The molecule has 0 radical (unpaired) electrons. The number of benzene rings is 1. The summed E-state index contributed by atoms with van der Waals surface area (Å²) in [6, 6.07) is 7.30. The third-order valence-electron chi connectivity index (χ3n) is 2.04. The zero-order valence-corrected chi connectivity index (χ0v) is 10.6. The molecule has 0 aliphatic rings. The molecule has 3 heteroatoms. The zero-order chi connectivity index (χ0) is 12.6. The minimum Gasteiger partial charge on any atom is -0.325 e. The number of rotatable bonds is 3. The Labute approximate surface area is 98.0 Å². The first-order chi connectivity index (χ1) is 7.63. The van der Waals surface area contributed by atoms with E-state index >= 15 is 0 Å². The second kappa shape index (κ2) is 7.88. The zero-order valence-electron chi connectivity index (χ0n) is 10.6. The van der Waals surface area contributed by atoms with E-state index < -0.39 is 6.04 Å². The molecular weight excluding hydrogens is 200 g/mol. The molecule has 0 heterocycles. The number of nitrogens with two attached hydrogens (primary N) is 1. The van der Waals surface area contributed by atoms with Crippen molar-refractivity contribution < 1.29 is 4.79 Å². The molecule has 1 aromatic carbocycles. The molecule has 16 heavy (non-hydrogen) atoms. The predicted molar refractivity (Wildman–Crippen MR) is 69.4 cm³/mol. The van der Waals surface area contributed by atoms with Crippen LogP contribution >= 0.6 is 0 Å². The van der Waals surface area contributed by atoms with Crippen LogP contribution in [0.1, 0.15) is 33.3 Å². The summed E-state index contributed by atoms with van der Waals surface area (Å²) in [4.78, 5) is 11.2. The van der Waals surface area contributed by atoms with E-state index in [1.807, 2.05) is 38.1 Å². The Balaban J connectivity index is 0.00000106. The molecule has 1 rings (SSSR count). The van der Waals surface area contributed by atoms with Crippen molar-refractivity contribution in [3.63, 3.8) is 0 Å². The van der Waals surface area contributed by atoms with Crippen LogP contribution < -0.4 is 11.1 Å². The lowest BCUT2D eigenvalue weighted by molar-refractivity contribution is -0.117. The van der Waals surface area contributed by atoms with Gasteiger partial charge in [0.1, 0.15) is 0 Å². The fraction of sp³-hybridized carbons (Fsp3) is 0.462. The van der Waals surface area contributed by atoms with Gasteiger partial charge in [0, 0.05) is 5.69 Å². The monoisotopic (exact) mass is 222 g/mol. The number of carbonyl (C=O) groups excluding carboxylic acids is 1. The van der Waals surface area contributed by atoms with E-state index in [0.29, 0.717) is 0 Å². The van der Waals surface area contributed by atoms with E-state index in [1.165, 1.54) is 5.56 Å². The van der Waals surface area contributed by atoms with E-state index in [-0.39, 0.29) is 5.91 Å². The number of hydrogen-bond donors (Lipinski definition) is 2. The van der Waals surface area contributed by atoms with Gasteiger partial charge in [-0.3, -0.25) is 4.79 Å². The maximum Gasteiger partial charge on any atom is 0.240 e. The highest BCUT2D eigenvalue weighted by molar-refractivity contribution is 5.94. The van der Waals surface area contributed by atoms with E-state index in [0.717, 1.165) is 12.1 Å². The number of carbonyl (C=O) groups is 1. The summed E-state index contributed by atoms with van der Waals surface area (Å²) in [6.07, 6.45) is 1.00. The average molecular weight is 222 g/mol. The molecule has 3 N–H and O–H groups in total. The second-order valence-corrected chi connectivity index (χ2v) is 3.33. The molecule has 1 aromatic rings. The molecule has 0 unspecified atom stereocenters. The molecule has 1 amide bonds. The van der Waals surface area contributed by atoms with Gasteiger partial charge in [-0.2, -0.15) is 0 Å². The van der Waals surface area contributed by atoms with Crippen LogP contribution in [0.15, 0.2) is 24.3 Å². The quantitative estimate of drug-likeness (QED) is 0.825.